The van der Waals surface area contributed by atoms with Crippen LogP contribution in [0.15, 0.2) is 34.9 Å². The first-order valence-electron chi connectivity index (χ1n) is 5.63. The number of rotatable bonds is 4. The van der Waals surface area contributed by atoms with Gasteiger partial charge in [0.15, 0.2) is 17.5 Å². The van der Waals surface area contributed by atoms with Gasteiger partial charge in [-0.1, -0.05) is 0 Å². The Morgan fingerprint density at radius 1 is 1.30 bits per heavy atom. The van der Waals surface area contributed by atoms with Gasteiger partial charge in [0.1, 0.15) is 11.9 Å². The molecule has 0 bridgehead atoms. The molecule has 20 heavy (non-hydrogen) atoms. The summed E-state index contributed by atoms with van der Waals surface area (Å²) in [5, 5.41) is 11.9. The van der Waals surface area contributed by atoms with E-state index in [1.807, 2.05) is 0 Å². The summed E-state index contributed by atoms with van der Waals surface area (Å²) < 4.78 is 43.6. The Morgan fingerprint density at radius 3 is 2.50 bits per heavy atom. The molecule has 0 aliphatic carbocycles. The maximum absolute atomic E-state index is 13.0. The van der Waals surface area contributed by atoms with Crippen LogP contribution in [0.5, 0.6) is 0 Å². The predicted molar refractivity (Wildman–Crippen MR) is 62.3 cm³/mol. The van der Waals surface area contributed by atoms with Crippen LogP contribution >= 0.6 is 0 Å². The minimum absolute atomic E-state index is 0.215. The Morgan fingerprint density at radius 2 is 1.95 bits per heavy atom. The van der Waals surface area contributed by atoms with Gasteiger partial charge in [-0.05, 0) is 24.3 Å². The van der Waals surface area contributed by atoms with Crippen LogP contribution in [0.4, 0.5) is 13.2 Å². The lowest BCUT2D eigenvalue weighted by atomic mass is 10.2. The van der Waals surface area contributed by atoms with Gasteiger partial charge in [-0.2, -0.15) is 0 Å². The van der Waals surface area contributed by atoms with Crippen LogP contribution < -0.4 is 5.32 Å². The lowest BCUT2D eigenvalue weighted by Gasteiger charge is -2.10. The van der Waals surface area contributed by atoms with Crippen LogP contribution in [-0.4, -0.2) is 17.6 Å². The molecule has 7 heteroatoms. The summed E-state index contributed by atoms with van der Waals surface area (Å²) in [6.45, 7) is -0.215. The number of hydrogen-bond acceptors (Lipinski definition) is 3. The molecule has 0 fully saturated rings. The van der Waals surface area contributed by atoms with Crippen molar-refractivity contribution < 1.29 is 27.5 Å². The number of carbonyl (C=O) groups is 1. The quantitative estimate of drug-likeness (QED) is 0.846. The van der Waals surface area contributed by atoms with Crippen LogP contribution in [0.25, 0.3) is 0 Å². The third kappa shape index (κ3) is 3.00. The molecule has 0 saturated carbocycles. The van der Waals surface area contributed by atoms with Gasteiger partial charge in [0.25, 0.3) is 5.91 Å². The van der Waals surface area contributed by atoms with Gasteiger partial charge < -0.3 is 14.8 Å². The first-order chi connectivity index (χ1) is 9.49. The molecule has 0 spiro atoms. The van der Waals surface area contributed by atoms with Gasteiger partial charge in [-0.15, -0.1) is 0 Å². The summed E-state index contributed by atoms with van der Waals surface area (Å²) in [5.74, 6) is -5.16. The van der Waals surface area contributed by atoms with E-state index in [2.05, 4.69) is 5.32 Å². The zero-order valence-electron chi connectivity index (χ0n) is 10.1. The van der Waals surface area contributed by atoms with E-state index in [1.54, 1.807) is 6.07 Å². The second-order valence-electron chi connectivity index (χ2n) is 4.00. The summed E-state index contributed by atoms with van der Waals surface area (Å²) in [6, 6.07) is 4.22. The largest absolute Gasteiger partial charge is 0.467 e. The molecule has 1 amide bonds. The molecule has 1 aromatic heterocycles. The lowest BCUT2D eigenvalue weighted by Crippen LogP contribution is -2.28. The minimum Gasteiger partial charge on any atom is -0.467 e. The van der Waals surface area contributed by atoms with E-state index in [0.717, 1.165) is 0 Å². The molecule has 2 aromatic rings. The van der Waals surface area contributed by atoms with Gasteiger partial charge in [0.2, 0.25) is 0 Å². The monoisotopic (exact) mass is 285 g/mol. The lowest BCUT2D eigenvalue weighted by molar-refractivity contribution is 0.0900. The number of furan rings is 1. The van der Waals surface area contributed by atoms with Crippen LogP contribution in [0.3, 0.4) is 0 Å². The van der Waals surface area contributed by atoms with Crippen molar-refractivity contribution in [3.05, 3.63) is 59.3 Å². The maximum atomic E-state index is 13.0. The normalized spacial score (nSPS) is 12.2. The fourth-order valence-corrected chi connectivity index (χ4v) is 1.56. The van der Waals surface area contributed by atoms with E-state index in [4.69, 9.17) is 4.42 Å². The molecule has 1 heterocycles. The number of aliphatic hydroxyl groups excluding tert-OH is 1. The van der Waals surface area contributed by atoms with Gasteiger partial charge in [-0.25, -0.2) is 13.2 Å². The van der Waals surface area contributed by atoms with Crippen molar-refractivity contribution in [3.63, 3.8) is 0 Å². The molecule has 2 N–H and O–H groups in total. The third-order valence-corrected chi connectivity index (χ3v) is 2.57. The third-order valence-electron chi connectivity index (χ3n) is 2.57. The number of amides is 1. The van der Waals surface area contributed by atoms with Gasteiger partial charge in [0.05, 0.1) is 12.8 Å². The minimum atomic E-state index is -1.64. The van der Waals surface area contributed by atoms with Gasteiger partial charge >= 0.3 is 0 Å². The van der Waals surface area contributed by atoms with Gasteiger partial charge in [0, 0.05) is 5.56 Å². The van der Waals surface area contributed by atoms with Crippen LogP contribution in [0.2, 0.25) is 0 Å². The Labute approximate surface area is 111 Å². The zero-order valence-corrected chi connectivity index (χ0v) is 10.1. The number of carbonyl (C=O) groups excluding carboxylic acids is 1. The fraction of sp³-hybridized carbons (Fsp3) is 0.154. The van der Waals surface area contributed by atoms with E-state index in [1.165, 1.54) is 12.3 Å². The summed E-state index contributed by atoms with van der Waals surface area (Å²) in [5.41, 5.74) is -0.381. The molecule has 4 nitrogen and oxygen atoms in total. The second kappa shape index (κ2) is 5.79. The molecule has 1 atom stereocenters. The SMILES string of the molecule is O=C(NC[C@H](O)c1ccco1)c1cc(F)c(F)c(F)c1. The summed E-state index contributed by atoms with van der Waals surface area (Å²) in [4.78, 5) is 11.6. The molecule has 0 radical (unpaired) electrons. The number of halogens is 3. The Balaban J connectivity index is 2.02. The molecule has 106 valence electrons. The highest BCUT2D eigenvalue weighted by Gasteiger charge is 2.17. The number of aliphatic hydroxyl groups is 1. The van der Waals surface area contributed by atoms with E-state index in [9.17, 15) is 23.1 Å². The van der Waals surface area contributed by atoms with Crippen LogP contribution in [-0.2, 0) is 0 Å². The van der Waals surface area contributed by atoms with Crippen molar-refractivity contribution in [2.45, 2.75) is 6.10 Å². The Kier molecular flexibility index (Phi) is 4.09. The van der Waals surface area contributed by atoms with Crippen LogP contribution in [0, 0.1) is 17.5 Å². The Hall–Kier alpha value is -2.28. The highest BCUT2D eigenvalue weighted by atomic mass is 19.2. The van der Waals surface area contributed by atoms with Crippen molar-refractivity contribution in [3.8, 4) is 0 Å². The average molecular weight is 285 g/mol. The zero-order chi connectivity index (χ0) is 14.7. The van der Waals surface area contributed by atoms with Gasteiger partial charge in [-0.3, -0.25) is 4.79 Å². The van der Waals surface area contributed by atoms with E-state index >= 15 is 0 Å². The smallest absolute Gasteiger partial charge is 0.251 e. The molecular formula is C13H10F3NO3. The molecular weight excluding hydrogens is 275 g/mol. The molecule has 0 unspecified atom stereocenters. The van der Waals surface area contributed by atoms with Crippen molar-refractivity contribution >= 4 is 5.91 Å². The average Bonchev–Trinajstić information content (AvgIpc) is 2.95. The summed E-state index contributed by atoms with van der Waals surface area (Å²) >= 11 is 0. The standard InChI is InChI=1S/C13H10F3NO3/c14-8-4-7(5-9(15)12(8)16)13(19)17-6-10(18)11-2-1-3-20-11/h1-5,10,18H,6H2,(H,17,19)/t10-/m0/s1. The topological polar surface area (TPSA) is 62.5 Å². The second-order valence-corrected chi connectivity index (χ2v) is 4.00. The number of hydrogen-bond donors (Lipinski definition) is 2. The maximum Gasteiger partial charge on any atom is 0.251 e. The van der Waals surface area contributed by atoms with Crippen molar-refractivity contribution in [1.82, 2.24) is 5.32 Å². The van der Waals surface area contributed by atoms with Crippen molar-refractivity contribution in [2.24, 2.45) is 0 Å². The number of nitrogens with one attached hydrogen (secondary N) is 1. The highest BCUT2D eigenvalue weighted by molar-refractivity contribution is 5.94. The van der Waals surface area contributed by atoms with Crippen molar-refractivity contribution in [1.29, 1.82) is 0 Å². The number of benzene rings is 1. The molecule has 2 rings (SSSR count). The van der Waals surface area contributed by atoms with Crippen molar-refractivity contribution in [2.75, 3.05) is 6.54 Å². The summed E-state index contributed by atoms with van der Waals surface area (Å²) in [7, 11) is 0. The first kappa shape index (κ1) is 14.1. The van der Waals surface area contributed by atoms with E-state index in [-0.39, 0.29) is 17.9 Å². The summed E-state index contributed by atoms with van der Waals surface area (Å²) in [6.07, 6.45) is 0.259. The highest BCUT2D eigenvalue weighted by Crippen LogP contribution is 2.15. The molecule has 0 aliphatic heterocycles. The first-order valence-corrected chi connectivity index (χ1v) is 5.63. The van der Waals surface area contributed by atoms with Crippen LogP contribution in [0.1, 0.15) is 22.2 Å². The predicted octanol–water partition coefficient (Wildman–Crippen LogP) is 2.16. The Bertz CT molecular complexity index is 590. The van der Waals surface area contributed by atoms with E-state index < -0.39 is 29.5 Å². The molecule has 1 aromatic carbocycles. The molecule has 0 aliphatic rings. The van der Waals surface area contributed by atoms with E-state index in [0.29, 0.717) is 12.1 Å². The fourth-order valence-electron chi connectivity index (χ4n) is 1.56. The molecule has 0 saturated heterocycles.